The maximum Gasteiger partial charge on any atom is 0.122 e. The van der Waals surface area contributed by atoms with Crippen LogP contribution >= 0.6 is 0 Å². The van der Waals surface area contributed by atoms with Crippen LogP contribution in [0.2, 0.25) is 0 Å². The fourth-order valence-electron chi connectivity index (χ4n) is 2.49. The molecule has 0 bridgehead atoms. The van der Waals surface area contributed by atoms with Crippen LogP contribution in [0, 0.1) is 13.8 Å². The van der Waals surface area contributed by atoms with Gasteiger partial charge in [-0.05, 0) is 43.0 Å². The Balaban J connectivity index is 2.10. The molecule has 0 radical (unpaired) electrons. The highest BCUT2D eigenvalue weighted by Crippen LogP contribution is 2.22. The molecule has 0 heterocycles. The number of ether oxygens (including phenoxy) is 1. The lowest BCUT2D eigenvalue weighted by Crippen LogP contribution is -2.15. The van der Waals surface area contributed by atoms with E-state index in [1.54, 1.807) is 7.11 Å². The van der Waals surface area contributed by atoms with Crippen LogP contribution in [-0.2, 0) is 12.8 Å². The predicted octanol–water partition coefficient (Wildman–Crippen LogP) is 3.46. The van der Waals surface area contributed by atoms with E-state index >= 15 is 0 Å². The first-order chi connectivity index (χ1) is 9.60. The van der Waals surface area contributed by atoms with E-state index in [1.165, 1.54) is 16.7 Å². The van der Waals surface area contributed by atoms with E-state index in [9.17, 15) is 5.11 Å². The van der Waals surface area contributed by atoms with Gasteiger partial charge >= 0.3 is 0 Å². The molecule has 0 aliphatic heterocycles. The SMILES string of the molecule is COc1ccc(C)cc1CC(O)Cc1ccccc1C. The van der Waals surface area contributed by atoms with Gasteiger partial charge in [0.2, 0.25) is 0 Å². The number of hydrogen-bond donors (Lipinski definition) is 1. The van der Waals surface area contributed by atoms with Crippen LogP contribution < -0.4 is 4.74 Å². The smallest absolute Gasteiger partial charge is 0.122 e. The fourth-order valence-corrected chi connectivity index (χ4v) is 2.49. The Morgan fingerprint density at radius 2 is 1.70 bits per heavy atom. The van der Waals surface area contributed by atoms with Gasteiger partial charge < -0.3 is 9.84 Å². The first-order valence-electron chi connectivity index (χ1n) is 6.96. The largest absolute Gasteiger partial charge is 0.496 e. The van der Waals surface area contributed by atoms with Gasteiger partial charge in [0.15, 0.2) is 0 Å². The highest BCUT2D eigenvalue weighted by Gasteiger charge is 2.12. The molecule has 1 atom stereocenters. The lowest BCUT2D eigenvalue weighted by Gasteiger charge is -2.15. The fraction of sp³-hybridized carbons (Fsp3) is 0.333. The van der Waals surface area contributed by atoms with Crippen molar-refractivity contribution >= 4 is 0 Å². The van der Waals surface area contributed by atoms with E-state index in [0.29, 0.717) is 12.8 Å². The van der Waals surface area contributed by atoms with Crippen LogP contribution in [0.15, 0.2) is 42.5 Å². The molecule has 2 rings (SSSR count). The number of aliphatic hydroxyl groups is 1. The normalized spacial score (nSPS) is 12.2. The molecule has 2 aromatic rings. The molecule has 2 heteroatoms. The monoisotopic (exact) mass is 270 g/mol. The third-order valence-electron chi connectivity index (χ3n) is 3.61. The number of hydrogen-bond acceptors (Lipinski definition) is 2. The van der Waals surface area contributed by atoms with E-state index < -0.39 is 6.10 Å². The van der Waals surface area contributed by atoms with Gasteiger partial charge in [0.05, 0.1) is 13.2 Å². The molecule has 2 aromatic carbocycles. The zero-order valence-corrected chi connectivity index (χ0v) is 12.4. The summed E-state index contributed by atoms with van der Waals surface area (Å²) in [5, 5.41) is 10.3. The molecule has 1 N–H and O–H groups in total. The van der Waals surface area contributed by atoms with Crippen molar-refractivity contribution in [3.8, 4) is 5.75 Å². The van der Waals surface area contributed by atoms with Crippen molar-refractivity contribution in [1.29, 1.82) is 0 Å². The summed E-state index contributed by atoms with van der Waals surface area (Å²) < 4.78 is 5.36. The second kappa shape index (κ2) is 6.58. The van der Waals surface area contributed by atoms with Crippen LogP contribution in [0.3, 0.4) is 0 Å². The standard InChI is InChI=1S/C18H22O2/c1-13-8-9-18(20-3)16(10-13)12-17(19)11-15-7-5-4-6-14(15)2/h4-10,17,19H,11-12H2,1-3H3. The third kappa shape index (κ3) is 3.61. The molecule has 1 unspecified atom stereocenters. The zero-order chi connectivity index (χ0) is 14.5. The van der Waals surface area contributed by atoms with Crippen molar-refractivity contribution in [2.45, 2.75) is 32.8 Å². The summed E-state index contributed by atoms with van der Waals surface area (Å²) in [6.07, 6.45) is 0.884. The summed E-state index contributed by atoms with van der Waals surface area (Å²) in [6, 6.07) is 14.3. The summed E-state index contributed by atoms with van der Waals surface area (Å²) in [6.45, 7) is 4.13. The number of benzene rings is 2. The Bertz CT molecular complexity index is 575. The molecular formula is C18H22O2. The number of aliphatic hydroxyl groups excluding tert-OH is 1. The highest BCUT2D eigenvalue weighted by molar-refractivity contribution is 5.37. The van der Waals surface area contributed by atoms with E-state index in [0.717, 1.165) is 11.3 Å². The maximum absolute atomic E-state index is 10.3. The van der Waals surface area contributed by atoms with Crippen LogP contribution in [0.4, 0.5) is 0 Å². The van der Waals surface area contributed by atoms with Crippen molar-refractivity contribution < 1.29 is 9.84 Å². The molecule has 0 aliphatic carbocycles. The quantitative estimate of drug-likeness (QED) is 0.901. The van der Waals surface area contributed by atoms with Crippen LogP contribution in [0.25, 0.3) is 0 Å². The molecular weight excluding hydrogens is 248 g/mol. The molecule has 0 amide bonds. The zero-order valence-electron chi connectivity index (χ0n) is 12.4. The van der Waals surface area contributed by atoms with E-state index in [2.05, 4.69) is 32.0 Å². The first kappa shape index (κ1) is 14.6. The lowest BCUT2D eigenvalue weighted by atomic mass is 9.97. The summed E-state index contributed by atoms with van der Waals surface area (Å²) in [5.41, 5.74) is 4.67. The van der Waals surface area contributed by atoms with Crippen LogP contribution in [-0.4, -0.2) is 18.3 Å². The highest BCUT2D eigenvalue weighted by atomic mass is 16.5. The van der Waals surface area contributed by atoms with Crippen LogP contribution in [0.5, 0.6) is 5.75 Å². The molecule has 0 fully saturated rings. The summed E-state index contributed by atoms with van der Waals surface area (Å²) in [5.74, 6) is 0.847. The van der Waals surface area contributed by atoms with Crippen molar-refractivity contribution in [2.24, 2.45) is 0 Å². The molecule has 0 spiro atoms. The Morgan fingerprint density at radius 1 is 1.00 bits per heavy atom. The van der Waals surface area contributed by atoms with Crippen molar-refractivity contribution in [3.63, 3.8) is 0 Å². The average molecular weight is 270 g/mol. The summed E-state index contributed by atoms with van der Waals surface area (Å²) in [4.78, 5) is 0. The van der Waals surface area contributed by atoms with E-state index in [-0.39, 0.29) is 0 Å². The van der Waals surface area contributed by atoms with Crippen molar-refractivity contribution in [2.75, 3.05) is 7.11 Å². The van der Waals surface area contributed by atoms with Gasteiger partial charge in [0.25, 0.3) is 0 Å². The first-order valence-corrected chi connectivity index (χ1v) is 6.96. The van der Waals surface area contributed by atoms with Gasteiger partial charge in [-0.3, -0.25) is 0 Å². The molecule has 0 saturated carbocycles. The second-order valence-corrected chi connectivity index (χ2v) is 5.30. The van der Waals surface area contributed by atoms with Gasteiger partial charge in [-0.2, -0.15) is 0 Å². The summed E-state index contributed by atoms with van der Waals surface area (Å²) >= 11 is 0. The van der Waals surface area contributed by atoms with Gasteiger partial charge in [0, 0.05) is 6.42 Å². The number of rotatable bonds is 5. The Hall–Kier alpha value is -1.80. The summed E-state index contributed by atoms with van der Waals surface area (Å²) in [7, 11) is 1.67. The van der Waals surface area contributed by atoms with Crippen molar-refractivity contribution in [3.05, 3.63) is 64.7 Å². The van der Waals surface area contributed by atoms with E-state index in [1.807, 2.05) is 24.3 Å². The van der Waals surface area contributed by atoms with Gasteiger partial charge in [-0.15, -0.1) is 0 Å². The molecule has 0 aromatic heterocycles. The lowest BCUT2D eigenvalue weighted by molar-refractivity contribution is 0.174. The maximum atomic E-state index is 10.3. The topological polar surface area (TPSA) is 29.5 Å². The molecule has 0 aliphatic rings. The van der Waals surface area contributed by atoms with E-state index in [4.69, 9.17) is 4.74 Å². The molecule has 20 heavy (non-hydrogen) atoms. The van der Waals surface area contributed by atoms with Gasteiger partial charge in [0.1, 0.15) is 5.75 Å². The predicted molar refractivity (Wildman–Crippen MR) is 82.3 cm³/mol. The minimum Gasteiger partial charge on any atom is -0.496 e. The Kier molecular flexibility index (Phi) is 4.80. The Morgan fingerprint density at radius 3 is 2.40 bits per heavy atom. The van der Waals surface area contributed by atoms with Gasteiger partial charge in [-0.1, -0.05) is 42.0 Å². The average Bonchev–Trinajstić information content (AvgIpc) is 2.41. The van der Waals surface area contributed by atoms with Crippen molar-refractivity contribution in [1.82, 2.24) is 0 Å². The second-order valence-electron chi connectivity index (χ2n) is 5.30. The molecule has 2 nitrogen and oxygen atoms in total. The molecule has 0 saturated heterocycles. The number of aryl methyl sites for hydroxylation is 2. The van der Waals surface area contributed by atoms with Crippen LogP contribution in [0.1, 0.15) is 22.3 Å². The minimum atomic E-state index is -0.396. The van der Waals surface area contributed by atoms with Gasteiger partial charge in [-0.25, -0.2) is 0 Å². The molecule has 106 valence electrons. The number of methoxy groups -OCH3 is 1. The third-order valence-corrected chi connectivity index (χ3v) is 3.61. The Labute approximate surface area is 121 Å². The minimum absolute atomic E-state index is 0.396.